The van der Waals surface area contributed by atoms with Gasteiger partial charge in [-0.2, -0.15) is 0 Å². The number of ether oxygens (including phenoxy) is 1. The quantitative estimate of drug-likeness (QED) is 0.592. The first-order valence-electron chi connectivity index (χ1n) is 10.5. The highest BCUT2D eigenvalue weighted by Gasteiger charge is 2.37. The minimum absolute atomic E-state index is 0.0494. The van der Waals surface area contributed by atoms with E-state index in [2.05, 4.69) is 28.9 Å². The molecule has 1 amide bonds. The van der Waals surface area contributed by atoms with Gasteiger partial charge in [0, 0.05) is 50.0 Å². The molecule has 1 aromatic heterocycles. The summed E-state index contributed by atoms with van der Waals surface area (Å²) < 4.78 is 6.53. The number of piperazine rings is 1. The summed E-state index contributed by atoms with van der Waals surface area (Å²) in [4.78, 5) is 24.3. The maximum absolute atomic E-state index is 13.0. The van der Waals surface area contributed by atoms with Gasteiger partial charge in [0.2, 0.25) is 5.91 Å². The van der Waals surface area contributed by atoms with Gasteiger partial charge in [0.25, 0.3) is 0 Å². The van der Waals surface area contributed by atoms with E-state index in [-0.39, 0.29) is 11.8 Å². The SMILES string of the molecule is COc1cccc2sc(N3CC(C(=O)N4CCN(c5cc(Cl)ccc5C)CC4)C3)nc12. The minimum atomic E-state index is 0.0494. The second-order valence-electron chi connectivity index (χ2n) is 8.15. The first-order valence-corrected chi connectivity index (χ1v) is 11.7. The third-order valence-corrected chi connectivity index (χ3v) is 7.51. The number of anilines is 2. The number of aromatic nitrogens is 1. The molecule has 3 aromatic rings. The number of thiazole rings is 1. The molecule has 5 rings (SSSR count). The van der Waals surface area contributed by atoms with E-state index in [1.807, 2.05) is 29.2 Å². The molecule has 2 fully saturated rings. The third kappa shape index (κ3) is 3.81. The summed E-state index contributed by atoms with van der Waals surface area (Å²) in [5.41, 5.74) is 3.28. The standard InChI is InChI=1S/C23H25ClN4O2S/c1-15-6-7-17(24)12-18(15)26-8-10-27(11-9-26)22(29)16-13-28(14-16)23-25-21-19(30-2)4-3-5-20(21)31-23/h3-7,12,16H,8-11,13-14H2,1-2H3. The molecular formula is C23H25ClN4O2S. The first kappa shape index (κ1) is 20.4. The second kappa shape index (κ2) is 8.20. The second-order valence-corrected chi connectivity index (χ2v) is 9.59. The fourth-order valence-electron chi connectivity index (χ4n) is 4.35. The van der Waals surface area contributed by atoms with Gasteiger partial charge < -0.3 is 19.4 Å². The molecule has 0 atom stereocenters. The number of hydrogen-bond donors (Lipinski definition) is 0. The van der Waals surface area contributed by atoms with E-state index in [0.29, 0.717) is 0 Å². The summed E-state index contributed by atoms with van der Waals surface area (Å²) >= 11 is 7.84. The molecule has 8 heteroatoms. The van der Waals surface area contributed by atoms with E-state index >= 15 is 0 Å². The Kier molecular flexibility index (Phi) is 5.40. The van der Waals surface area contributed by atoms with Crippen LogP contribution in [0.15, 0.2) is 36.4 Å². The zero-order chi connectivity index (χ0) is 21.5. The number of benzene rings is 2. The van der Waals surface area contributed by atoms with Gasteiger partial charge in [0.05, 0.1) is 17.7 Å². The van der Waals surface area contributed by atoms with Crippen molar-refractivity contribution in [1.29, 1.82) is 0 Å². The van der Waals surface area contributed by atoms with Gasteiger partial charge in [-0.05, 0) is 36.8 Å². The van der Waals surface area contributed by atoms with E-state index in [1.54, 1.807) is 18.4 Å². The summed E-state index contributed by atoms with van der Waals surface area (Å²) in [6.45, 7) is 6.73. The maximum Gasteiger partial charge on any atom is 0.229 e. The van der Waals surface area contributed by atoms with Crippen LogP contribution >= 0.6 is 22.9 Å². The van der Waals surface area contributed by atoms with E-state index in [4.69, 9.17) is 21.3 Å². The van der Waals surface area contributed by atoms with E-state index in [9.17, 15) is 4.79 Å². The van der Waals surface area contributed by atoms with Crippen LogP contribution in [-0.2, 0) is 4.79 Å². The number of amides is 1. The van der Waals surface area contributed by atoms with Crippen LogP contribution in [0.1, 0.15) is 5.56 Å². The lowest BCUT2D eigenvalue weighted by Crippen LogP contribution is -2.58. The zero-order valence-corrected chi connectivity index (χ0v) is 19.2. The Morgan fingerprint density at radius 2 is 1.90 bits per heavy atom. The van der Waals surface area contributed by atoms with Crippen molar-refractivity contribution in [2.24, 2.45) is 5.92 Å². The van der Waals surface area contributed by atoms with E-state index in [0.717, 1.165) is 65.4 Å². The van der Waals surface area contributed by atoms with Crippen molar-refractivity contribution in [3.8, 4) is 5.75 Å². The number of rotatable bonds is 4. The summed E-state index contributed by atoms with van der Waals surface area (Å²) in [5, 5.41) is 1.71. The predicted molar refractivity (Wildman–Crippen MR) is 127 cm³/mol. The fraction of sp³-hybridized carbons (Fsp3) is 0.391. The van der Waals surface area contributed by atoms with Crippen molar-refractivity contribution in [2.45, 2.75) is 6.92 Å². The van der Waals surface area contributed by atoms with Gasteiger partial charge in [0.15, 0.2) is 5.13 Å². The summed E-state index contributed by atoms with van der Waals surface area (Å²) in [6.07, 6.45) is 0. The number of nitrogens with zero attached hydrogens (tertiary/aromatic N) is 4. The highest BCUT2D eigenvalue weighted by Crippen LogP contribution is 2.37. The average Bonchev–Trinajstić information content (AvgIpc) is 3.18. The van der Waals surface area contributed by atoms with Crippen LogP contribution in [-0.4, -0.2) is 62.2 Å². The molecular weight excluding hydrogens is 432 g/mol. The molecule has 0 bridgehead atoms. The molecule has 0 saturated carbocycles. The average molecular weight is 457 g/mol. The predicted octanol–water partition coefficient (Wildman–Crippen LogP) is 4.05. The molecule has 2 aliphatic heterocycles. The highest BCUT2D eigenvalue weighted by atomic mass is 35.5. The number of halogens is 1. The van der Waals surface area contributed by atoms with Crippen LogP contribution in [0, 0.1) is 12.8 Å². The van der Waals surface area contributed by atoms with Crippen LogP contribution in [0.5, 0.6) is 5.75 Å². The van der Waals surface area contributed by atoms with Crippen molar-refractivity contribution >= 4 is 49.9 Å². The molecule has 2 aromatic carbocycles. The van der Waals surface area contributed by atoms with Gasteiger partial charge >= 0.3 is 0 Å². The molecule has 162 valence electrons. The molecule has 2 aliphatic rings. The lowest BCUT2D eigenvalue weighted by Gasteiger charge is -2.43. The van der Waals surface area contributed by atoms with Crippen molar-refractivity contribution in [1.82, 2.24) is 9.88 Å². The van der Waals surface area contributed by atoms with Gasteiger partial charge in [0.1, 0.15) is 11.3 Å². The Morgan fingerprint density at radius 1 is 1.13 bits per heavy atom. The molecule has 0 N–H and O–H groups in total. The molecule has 0 spiro atoms. The molecule has 3 heterocycles. The Hall–Kier alpha value is -2.51. The van der Waals surface area contributed by atoms with Crippen molar-refractivity contribution < 1.29 is 9.53 Å². The van der Waals surface area contributed by atoms with Crippen LogP contribution < -0.4 is 14.5 Å². The number of para-hydroxylation sites is 1. The third-order valence-electron chi connectivity index (χ3n) is 6.20. The van der Waals surface area contributed by atoms with Crippen LogP contribution in [0.3, 0.4) is 0 Å². The fourth-order valence-corrected chi connectivity index (χ4v) is 5.52. The van der Waals surface area contributed by atoms with E-state index < -0.39 is 0 Å². The molecule has 2 saturated heterocycles. The number of carbonyl (C=O) groups is 1. The monoisotopic (exact) mass is 456 g/mol. The Morgan fingerprint density at radius 3 is 2.65 bits per heavy atom. The summed E-state index contributed by atoms with van der Waals surface area (Å²) in [7, 11) is 1.67. The van der Waals surface area contributed by atoms with Gasteiger partial charge in [-0.15, -0.1) is 0 Å². The molecule has 6 nitrogen and oxygen atoms in total. The highest BCUT2D eigenvalue weighted by molar-refractivity contribution is 7.22. The Balaban J connectivity index is 1.18. The topological polar surface area (TPSA) is 48.9 Å². The smallest absolute Gasteiger partial charge is 0.229 e. The Labute approximate surface area is 191 Å². The maximum atomic E-state index is 13.0. The number of aryl methyl sites for hydroxylation is 1. The lowest BCUT2D eigenvalue weighted by molar-refractivity contribution is -0.136. The minimum Gasteiger partial charge on any atom is -0.494 e. The lowest BCUT2D eigenvalue weighted by atomic mass is 9.98. The number of hydrogen-bond acceptors (Lipinski definition) is 6. The van der Waals surface area contributed by atoms with Crippen molar-refractivity contribution in [3.63, 3.8) is 0 Å². The summed E-state index contributed by atoms with van der Waals surface area (Å²) in [5.74, 6) is 1.10. The number of methoxy groups -OCH3 is 1. The van der Waals surface area contributed by atoms with Crippen molar-refractivity contribution in [3.05, 3.63) is 47.0 Å². The van der Waals surface area contributed by atoms with E-state index in [1.165, 1.54) is 11.3 Å². The van der Waals surface area contributed by atoms with Gasteiger partial charge in [-0.3, -0.25) is 4.79 Å². The molecule has 31 heavy (non-hydrogen) atoms. The van der Waals surface area contributed by atoms with Gasteiger partial charge in [-0.1, -0.05) is 35.1 Å². The number of carbonyl (C=O) groups excluding carboxylic acids is 1. The van der Waals surface area contributed by atoms with Crippen molar-refractivity contribution in [2.75, 3.05) is 56.2 Å². The Bertz CT molecular complexity index is 1120. The molecule has 0 aliphatic carbocycles. The summed E-state index contributed by atoms with van der Waals surface area (Å²) in [6, 6.07) is 12.0. The van der Waals surface area contributed by atoms with Crippen LogP contribution in [0.25, 0.3) is 10.2 Å². The van der Waals surface area contributed by atoms with Gasteiger partial charge in [-0.25, -0.2) is 4.98 Å². The van der Waals surface area contributed by atoms with Crippen LogP contribution in [0.4, 0.5) is 10.8 Å². The zero-order valence-electron chi connectivity index (χ0n) is 17.7. The normalized spacial score (nSPS) is 17.2. The largest absolute Gasteiger partial charge is 0.494 e. The molecule has 0 unspecified atom stereocenters. The van der Waals surface area contributed by atoms with Crippen LogP contribution in [0.2, 0.25) is 5.02 Å². The first-order chi connectivity index (χ1) is 15.0. The molecule has 0 radical (unpaired) electrons. The number of fused-ring (bicyclic) bond motifs is 1.